The molecule has 0 atom stereocenters. The van der Waals surface area contributed by atoms with Crippen LogP contribution in [0.25, 0.3) is 81.9 Å². The Morgan fingerprint density at radius 2 is 1.34 bits per heavy atom. The first-order valence-corrected chi connectivity index (χ1v) is 14.1. The van der Waals surface area contributed by atoms with Crippen molar-refractivity contribution in [1.29, 1.82) is 0 Å². The molecule has 0 amide bonds. The molecule has 0 radical (unpaired) electrons. The fourth-order valence-electron chi connectivity index (χ4n) is 6.53. The van der Waals surface area contributed by atoms with Crippen LogP contribution >= 0.6 is 0 Å². The molecular formula is C39H28N2. The van der Waals surface area contributed by atoms with E-state index in [1.54, 1.807) is 0 Å². The first kappa shape index (κ1) is 23.5. The van der Waals surface area contributed by atoms with Crippen molar-refractivity contribution in [3.63, 3.8) is 0 Å². The van der Waals surface area contributed by atoms with Crippen molar-refractivity contribution in [2.24, 2.45) is 0 Å². The number of fused-ring (bicyclic) bond motifs is 10. The van der Waals surface area contributed by atoms with E-state index in [2.05, 4.69) is 138 Å². The van der Waals surface area contributed by atoms with Gasteiger partial charge >= 0.3 is 0 Å². The molecule has 0 aliphatic rings. The molecule has 2 nitrogen and oxygen atoms in total. The molecule has 41 heavy (non-hydrogen) atoms. The lowest BCUT2D eigenvalue weighted by molar-refractivity contribution is 1.54. The zero-order chi connectivity index (χ0) is 27.5. The Balaban J connectivity index is 1.38. The van der Waals surface area contributed by atoms with Gasteiger partial charge in [-0.2, -0.15) is 0 Å². The van der Waals surface area contributed by atoms with Gasteiger partial charge in [-0.3, -0.25) is 0 Å². The minimum Gasteiger partial charge on any atom is -0.354 e. The monoisotopic (exact) mass is 524 g/mol. The number of nitrogens with one attached hydrogen (secondary N) is 2. The number of rotatable bonds is 4. The second-order valence-corrected chi connectivity index (χ2v) is 10.7. The summed E-state index contributed by atoms with van der Waals surface area (Å²) in [6, 6.07) is 37.7. The first-order chi connectivity index (χ1) is 20.2. The Hall–Kier alpha value is -5.34. The average Bonchev–Trinajstić information content (AvgIpc) is 3.58. The zero-order valence-corrected chi connectivity index (χ0v) is 22.8. The fourth-order valence-corrected chi connectivity index (χ4v) is 6.53. The van der Waals surface area contributed by atoms with Crippen LogP contribution in [0.5, 0.6) is 0 Å². The summed E-state index contributed by atoms with van der Waals surface area (Å²) in [7, 11) is 0. The smallest absolute Gasteiger partial charge is 0.0565 e. The Kier molecular flexibility index (Phi) is 5.23. The maximum Gasteiger partial charge on any atom is 0.0565 e. The summed E-state index contributed by atoms with van der Waals surface area (Å²) in [5, 5.41) is 9.94. The molecule has 2 aromatic heterocycles. The number of allylic oxidation sites excluding steroid dienone is 5. The van der Waals surface area contributed by atoms with E-state index in [0.717, 1.165) is 16.6 Å². The van der Waals surface area contributed by atoms with E-state index in [0.29, 0.717) is 0 Å². The van der Waals surface area contributed by atoms with Crippen molar-refractivity contribution < 1.29 is 0 Å². The van der Waals surface area contributed by atoms with Crippen molar-refractivity contribution in [1.82, 2.24) is 9.97 Å². The van der Waals surface area contributed by atoms with E-state index >= 15 is 0 Å². The van der Waals surface area contributed by atoms with Crippen LogP contribution < -0.4 is 0 Å². The molecule has 0 aliphatic heterocycles. The van der Waals surface area contributed by atoms with Crippen LogP contribution in [0.4, 0.5) is 0 Å². The summed E-state index contributed by atoms with van der Waals surface area (Å²) < 4.78 is 0. The van der Waals surface area contributed by atoms with E-state index in [9.17, 15) is 0 Å². The van der Waals surface area contributed by atoms with Crippen molar-refractivity contribution >= 4 is 70.7 Å². The third-order valence-corrected chi connectivity index (χ3v) is 8.40. The Morgan fingerprint density at radius 1 is 0.634 bits per heavy atom. The predicted octanol–water partition coefficient (Wildman–Crippen LogP) is 11.1. The van der Waals surface area contributed by atoms with Crippen LogP contribution in [-0.4, -0.2) is 9.97 Å². The van der Waals surface area contributed by atoms with Crippen molar-refractivity contribution in [2.45, 2.75) is 6.92 Å². The lowest BCUT2D eigenvalue weighted by Gasteiger charge is -2.07. The molecule has 0 spiro atoms. The van der Waals surface area contributed by atoms with E-state index in [4.69, 9.17) is 0 Å². The fraction of sp³-hybridized carbons (Fsp3) is 0.0256. The van der Waals surface area contributed by atoms with Crippen LogP contribution in [0.1, 0.15) is 12.5 Å². The summed E-state index contributed by atoms with van der Waals surface area (Å²) in [5.74, 6) is 0. The van der Waals surface area contributed by atoms with Gasteiger partial charge in [0, 0.05) is 38.0 Å². The van der Waals surface area contributed by atoms with E-state index in [1.165, 1.54) is 70.8 Å². The highest BCUT2D eigenvalue weighted by molar-refractivity contribution is 6.27. The van der Waals surface area contributed by atoms with Crippen LogP contribution in [0, 0.1) is 0 Å². The van der Waals surface area contributed by atoms with Crippen LogP contribution in [0.2, 0.25) is 0 Å². The van der Waals surface area contributed by atoms with Crippen molar-refractivity contribution in [3.8, 4) is 11.1 Å². The van der Waals surface area contributed by atoms with Gasteiger partial charge in [-0.25, -0.2) is 0 Å². The normalized spacial score (nSPS) is 12.7. The molecule has 8 aromatic rings. The Morgan fingerprint density at radius 3 is 2.10 bits per heavy atom. The summed E-state index contributed by atoms with van der Waals surface area (Å²) >= 11 is 0. The highest BCUT2D eigenvalue weighted by Crippen LogP contribution is 2.40. The quantitative estimate of drug-likeness (QED) is 0.215. The molecule has 6 aromatic carbocycles. The van der Waals surface area contributed by atoms with Gasteiger partial charge in [0.15, 0.2) is 0 Å². The lowest BCUT2D eigenvalue weighted by atomic mass is 9.96. The van der Waals surface area contributed by atoms with Crippen LogP contribution in [-0.2, 0) is 0 Å². The number of hydrogen-bond donors (Lipinski definition) is 2. The molecule has 2 heteroatoms. The third kappa shape index (κ3) is 3.58. The second-order valence-electron chi connectivity index (χ2n) is 10.7. The number of aromatic amines is 2. The van der Waals surface area contributed by atoms with E-state index in [-0.39, 0.29) is 0 Å². The topological polar surface area (TPSA) is 31.6 Å². The molecule has 8 rings (SSSR count). The molecule has 2 heterocycles. The van der Waals surface area contributed by atoms with Gasteiger partial charge in [0.2, 0.25) is 0 Å². The van der Waals surface area contributed by atoms with E-state index in [1.807, 2.05) is 13.0 Å². The summed E-state index contributed by atoms with van der Waals surface area (Å²) in [6.45, 7) is 5.95. The third-order valence-electron chi connectivity index (χ3n) is 8.40. The van der Waals surface area contributed by atoms with Gasteiger partial charge < -0.3 is 9.97 Å². The van der Waals surface area contributed by atoms with Gasteiger partial charge in [-0.05, 0) is 69.6 Å². The predicted molar refractivity (Wildman–Crippen MR) is 179 cm³/mol. The maximum absolute atomic E-state index is 3.91. The van der Waals surface area contributed by atoms with Crippen LogP contribution in [0.15, 0.2) is 134 Å². The van der Waals surface area contributed by atoms with Crippen LogP contribution in [0.3, 0.4) is 0 Å². The molecule has 0 saturated carbocycles. The summed E-state index contributed by atoms with van der Waals surface area (Å²) in [5.41, 5.74) is 9.46. The van der Waals surface area contributed by atoms with E-state index < -0.39 is 0 Å². The maximum atomic E-state index is 3.91. The molecular weight excluding hydrogens is 496 g/mol. The standard InChI is InChI=1S/C39H28N2/c1-3-8-24(9-4-2)27-16-20-35-33(22-27)31-18-14-26-15-19-32-34-23-28(30-13-7-11-25-10-5-6-12-29(25)30)17-21-36(34)41-39(32)37(26)38(31)40-35/h3-23,40-41H,1H2,2H3/b9-4-,24-8+. The molecule has 194 valence electrons. The van der Waals surface area contributed by atoms with Gasteiger partial charge in [-0.15, -0.1) is 0 Å². The van der Waals surface area contributed by atoms with Gasteiger partial charge in [-0.1, -0.05) is 110 Å². The van der Waals surface area contributed by atoms with Crippen molar-refractivity contribution in [3.05, 3.63) is 140 Å². The van der Waals surface area contributed by atoms with Gasteiger partial charge in [0.05, 0.1) is 11.0 Å². The largest absolute Gasteiger partial charge is 0.354 e. The molecule has 0 unspecified atom stereocenters. The highest BCUT2D eigenvalue weighted by Gasteiger charge is 2.15. The number of aromatic nitrogens is 2. The Bertz CT molecular complexity index is 2390. The Labute approximate surface area is 237 Å². The highest BCUT2D eigenvalue weighted by atomic mass is 14.7. The second kappa shape index (κ2) is 9.11. The zero-order valence-electron chi connectivity index (χ0n) is 22.8. The molecule has 0 saturated heterocycles. The summed E-state index contributed by atoms with van der Waals surface area (Å²) in [4.78, 5) is 7.55. The minimum absolute atomic E-state index is 1.14. The molecule has 0 fully saturated rings. The van der Waals surface area contributed by atoms with Gasteiger partial charge in [0.1, 0.15) is 0 Å². The molecule has 2 N–H and O–H groups in total. The first-order valence-electron chi connectivity index (χ1n) is 14.1. The minimum atomic E-state index is 1.14. The molecule has 0 aliphatic carbocycles. The lowest BCUT2D eigenvalue weighted by Crippen LogP contribution is -1.81. The average molecular weight is 525 g/mol. The summed E-state index contributed by atoms with van der Waals surface area (Å²) in [6.07, 6.45) is 8.11. The SMILES string of the molecule is C=C/C=C(\C=C/C)c1ccc2[nH]c3c(ccc4ccc5c6cc(-c7cccc8ccccc78)ccc6[nH]c5c43)c2c1. The van der Waals surface area contributed by atoms with Crippen molar-refractivity contribution in [2.75, 3.05) is 0 Å². The number of benzene rings is 6. The number of H-pyrrole nitrogens is 2. The van der Waals surface area contributed by atoms with Gasteiger partial charge in [0.25, 0.3) is 0 Å². The number of hydrogen-bond acceptors (Lipinski definition) is 0. The molecule has 0 bridgehead atoms.